The van der Waals surface area contributed by atoms with Crippen LogP contribution < -0.4 is 5.32 Å². The van der Waals surface area contributed by atoms with Gasteiger partial charge in [-0.1, -0.05) is 59.8 Å². The fraction of sp³-hybridized carbons (Fsp3) is 1.00. The van der Waals surface area contributed by atoms with Crippen LogP contribution >= 0.6 is 0 Å². The molecule has 0 radical (unpaired) electrons. The molecule has 92 valence electrons. The molecule has 0 amide bonds. The minimum Gasteiger partial charge on any atom is -0.316 e. The third kappa shape index (κ3) is 10.2. The van der Waals surface area contributed by atoms with E-state index in [4.69, 9.17) is 0 Å². The zero-order chi connectivity index (χ0) is 11.6. The lowest BCUT2D eigenvalue weighted by molar-refractivity contribution is 0.327. The molecule has 0 aliphatic carbocycles. The average Bonchev–Trinajstić information content (AvgIpc) is 2.22. The van der Waals surface area contributed by atoms with Crippen molar-refractivity contribution in [3.05, 3.63) is 0 Å². The molecule has 0 aromatic rings. The first-order chi connectivity index (χ1) is 7.12. The number of hydrogen-bond acceptors (Lipinski definition) is 1. The number of unbranched alkanes of at least 4 members (excludes halogenated alkanes) is 5. The maximum absolute atomic E-state index is 3.57. The smallest absolute Gasteiger partial charge is 0.000241 e. The minimum atomic E-state index is 0.474. The fourth-order valence-electron chi connectivity index (χ4n) is 1.58. The Kier molecular flexibility index (Phi) is 9.18. The molecular formula is C14H31N. The lowest BCUT2D eigenvalue weighted by Gasteiger charge is -2.22. The molecule has 0 fully saturated rings. The second kappa shape index (κ2) is 9.21. The molecule has 0 unspecified atom stereocenters. The van der Waals surface area contributed by atoms with Crippen molar-refractivity contribution in [2.45, 2.75) is 72.6 Å². The molecule has 1 nitrogen and oxygen atoms in total. The van der Waals surface area contributed by atoms with E-state index in [0.29, 0.717) is 5.41 Å². The monoisotopic (exact) mass is 213 g/mol. The highest BCUT2D eigenvalue weighted by Gasteiger charge is 2.13. The van der Waals surface area contributed by atoms with Crippen LogP contribution in [0.2, 0.25) is 0 Å². The van der Waals surface area contributed by atoms with Crippen LogP contribution in [0.15, 0.2) is 0 Å². The van der Waals surface area contributed by atoms with Crippen LogP contribution in [-0.4, -0.2) is 13.1 Å². The molecule has 0 heterocycles. The number of rotatable bonds is 10. The first-order valence-electron chi connectivity index (χ1n) is 6.83. The summed E-state index contributed by atoms with van der Waals surface area (Å²) in [5.74, 6) is 0. The van der Waals surface area contributed by atoms with Gasteiger partial charge in [-0.2, -0.15) is 0 Å². The first kappa shape index (κ1) is 15.0. The summed E-state index contributed by atoms with van der Waals surface area (Å²) in [7, 11) is 0. The fourth-order valence-corrected chi connectivity index (χ4v) is 1.58. The molecule has 0 aromatic carbocycles. The van der Waals surface area contributed by atoms with Crippen molar-refractivity contribution in [1.82, 2.24) is 5.32 Å². The molecule has 0 aliphatic rings. The lowest BCUT2D eigenvalue weighted by atomic mass is 9.90. The lowest BCUT2D eigenvalue weighted by Crippen LogP contribution is -2.29. The Hall–Kier alpha value is -0.0400. The molecule has 0 saturated carbocycles. The van der Waals surface area contributed by atoms with Gasteiger partial charge in [0.05, 0.1) is 0 Å². The molecule has 0 bridgehead atoms. The Morgan fingerprint density at radius 1 is 0.867 bits per heavy atom. The van der Waals surface area contributed by atoms with Crippen LogP contribution in [0.25, 0.3) is 0 Å². The van der Waals surface area contributed by atoms with Crippen molar-refractivity contribution in [2.75, 3.05) is 13.1 Å². The Balaban J connectivity index is 3.11. The Morgan fingerprint density at radius 3 is 2.07 bits per heavy atom. The zero-order valence-corrected chi connectivity index (χ0v) is 11.4. The zero-order valence-electron chi connectivity index (χ0n) is 11.4. The number of nitrogens with one attached hydrogen (secondary N) is 1. The van der Waals surface area contributed by atoms with Gasteiger partial charge in [-0.25, -0.2) is 0 Å². The summed E-state index contributed by atoms with van der Waals surface area (Å²) in [6.07, 6.45) is 9.63. The van der Waals surface area contributed by atoms with Crippen LogP contribution in [0.1, 0.15) is 72.6 Å². The standard InChI is InChI=1S/C14H31N/c1-5-7-8-9-10-11-12-15-13-14(3,4)6-2/h15H,5-13H2,1-4H3. The van der Waals surface area contributed by atoms with E-state index >= 15 is 0 Å². The van der Waals surface area contributed by atoms with E-state index in [1.54, 1.807) is 0 Å². The first-order valence-corrected chi connectivity index (χ1v) is 6.83. The van der Waals surface area contributed by atoms with Gasteiger partial charge in [-0.3, -0.25) is 0 Å². The number of hydrogen-bond donors (Lipinski definition) is 1. The predicted molar refractivity (Wildman–Crippen MR) is 70.3 cm³/mol. The van der Waals surface area contributed by atoms with Crippen LogP contribution in [0, 0.1) is 5.41 Å². The summed E-state index contributed by atoms with van der Waals surface area (Å²) < 4.78 is 0. The second-order valence-corrected chi connectivity index (χ2v) is 5.46. The van der Waals surface area contributed by atoms with Crippen molar-refractivity contribution in [2.24, 2.45) is 5.41 Å². The topological polar surface area (TPSA) is 12.0 Å². The summed E-state index contributed by atoms with van der Waals surface area (Å²) in [5.41, 5.74) is 0.474. The third-order valence-corrected chi connectivity index (χ3v) is 3.27. The van der Waals surface area contributed by atoms with E-state index in [1.807, 2.05) is 0 Å². The maximum Gasteiger partial charge on any atom is 0.000241 e. The summed E-state index contributed by atoms with van der Waals surface area (Å²) in [6.45, 7) is 11.6. The Morgan fingerprint density at radius 2 is 1.47 bits per heavy atom. The van der Waals surface area contributed by atoms with Crippen LogP contribution in [0.4, 0.5) is 0 Å². The molecule has 0 spiro atoms. The summed E-state index contributed by atoms with van der Waals surface area (Å²) >= 11 is 0. The Bertz CT molecular complexity index is 129. The molecule has 0 rings (SSSR count). The van der Waals surface area contributed by atoms with Gasteiger partial charge in [0.1, 0.15) is 0 Å². The van der Waals surface area contributed by atoms with Gasteiger partial charge >= 0.3 is 0 Å². The van der Waals surface area contributed by atoms with E-state index in [0.717, 1.165) is 0 Å². The van der Waals surface area contributed by atoms with E-state index in [1.165, 1.54) is 58.0 Å². The molecule has 0 atom stereocenters. The van der Waals surface area contributed by atoms with Gasteiger partial charge in [-0.05, 0) is 24.8 Å². The normalized spacial score (nSPS) is 12.0. The van der Waals surface area contributed by atoms with Crippen molar-refractivity contribution in [3.8, 4) is 0 Å². The van der Waals surface area contributed by atoms with Gasteiger partial charge in [0.15, 0.2) is 0 Å². The molecule has 0 aromatic heterocycles. The van der Waals surface area contributed by atoms with E-state index < -0.39 is 0 Å². The molecular weight excluding hydrogens is 182 g/mol. The molecule has 1 heteroatoms. The van der Waals surface area contributed by atoms with Crippen molar-refractivity contribution in [3.63, 3.8) is 0 Å². The van der Waals surface area contributed by atoms with Crippen molar-refractivity contribution in [1.29, 1.82) is 0 Å². The quantitative estimate of drug-likeness (QED) is 0.531. The van der Waals surface area contributed by atoms with Gasteiger partial charge < -0.3 is 5.32 Å². The van der Waals surface area contributed by atoms with E-state index in [-0.39, 0.29) is 0 Å². The highest BCUT2D eigenvalue weighted by molar-refractivity contribution is 4.68. The summed E-state index contributed by atoms with van der Waals surface area (Å²) in [5, 5.41) is 3.57. The van der Waals surface area contributed by atoms with Crippen LogP contribution in [-0.2, 0) is 0 Å². The molecule has 0 aliphatic heterocycles. The summed E-state index contributed by atoms with van der Waals surface area (Å²) in [4.78, 5) is 0. The highest BCUT2D eigenvalue weighted by atomic mass is 14.9. The van der Waals surface area contributed by atoms with Crippen molar-refractivity contribution < 1.29 is 0 Å². The largest absolute Gasteiger partial charge is 0.316 e. The average molecular weight is 213 g/mol. The summed E-state index contributed by atoms with van der Waals surface area (Å²) in [6, 6.07) is 0. The van der Waals surface area contributed by atoms with E-state index in [9.17, 15) is 0 Å². The van der Waals surface area contributed by atoms with Crippen LogP contribution in [0.5, 0.6) is 0 Å². The van der Waals surface area contributed by atoms with Crippen LogP contribution in [0.3, 0.4) is 0 Å². The van der Waals surface area contributed by atoms with Gasteiger partial charge in [0.2, 0.25) is 0 Å². The minimum absolute atomic E-state index is 0.474. The third-order valence-electron chi connectivity index (χ3n) is 3.27. The SMILES string of the molecule is CCCCCCCCNCC(C)(C)CC. The molecule has 0 saturated heterocycles. The highest BCUT2D eigenvalue weighted by Crippen LogP contribution is 2.17. The Labute approximate surface area is 97.0 Å². The van der Waals surface area contributed by atoms with Gasteiger partial charge in [0, 0.05) is 6.54 Å². The predicted octanol–water partition coefficient (Wildman–Crippen LogP) is 4.37. The second-order valence-electron chi connectivity index (χ2n) is 5.46. The maximum atomic E-state index is 3.57. The van der Waals surface area contributed by atoms with Gasteiger partial charge in [0.25, 0.3) is 0 Å². The van der Waals surface area contributed by atoms with Gasteiger partial charge in [-0.15, -0.1) is 0 Å². The van der Waals surface area contributed by atoms with Crippen molar-refractivity contribution >= 4 is 0 Å². The molecule has 1 N–H and O–H groups in total. The molecule has 15 heavy (non-hydrogen) atoms. The van der Waals surface area contributed by atoms with E-state index in [2.05, 4.69) is 33.0 Å².